The molecular formula is C21H22. The van der Waals surface area contributed by atoms with Gasteiger partial charge < -0.3 is 0 Å². The van der Waals surface area contributed by atoms with Crippen molar-refractivity contribution >= 4 is 5.57 Å². The zero-order valence-corrected chi connectivity index (χ0v) is 13.1. The molecule has 0 saturated heterocycles. The Morgan fingerprint density at radius 1 is 0.905 bits per heavy atom. The largest absolute Gasteiger partial charge is 0.0801 e. The summed E-state index contributed by atoms with van der Waals surface area (Å²) in [6.07, 6.45) is 4.79. The molecule has 0 aromatic heterocycles. The van der Waals surface area contributed by atoms with Crippen molar-refractivity contribution in [2.45, 2.75) is 33.6 Å². The molecule has 0 bridgehead atoms. The first kappa shape index (κ1) is 12.9. The van der Waals surface area contributed by atoms with E-state index in [1.165, 1.54) is 34.2 Å². The lowest BCUT2D eigenvalue weighted by Crippen LogP contribution is -2.04. The van der Waals surface area contributed by atoms with E-state index in [2.05, 4.69) is 63.2 Å². The van der Waals surface area contributed by atoms with E-state index in [4.69, 9.17) is 0 Å². The van der Waals surface area contributed by atoms with Gasteiger partial charge in [-0.1, -0.05) is 56.3 Å². The number of hydrogen-bond acceptors (Lipinski definition) is 0. The highest BCUT2D eigenvalue weighted by Crippen LogP contribution is 2.44. The fraction of sp³-hybridized carbons (Fsp3) is 0.333. The van der Waals surface area contributed by atoms with Gasteiger partial charge in [-0.15, -0.1) is 0 Å². The highest BCUT2D eigenvalue weighted by Gasteiger charge is 2.27. The summed E-state index contributed by atoms with van der Waals surface area (Å²) >= 11 is 0. The van der Waals surface area contributed by atoms with Gasteiger partial charge in [0, 0.05) is 0 Å². The molecule has 0 aliphatic heterocycles. The highest BCUT2D eigenvalue weighted by molar-refractivity contribution is 5.82. The van der Waals surface area contributed by atoms with Crippen molar-refractivity contribution in [2.75, 3.05) is 0 Å². The Bertz CT molecular complexity index is 749. The van der Waals surface area contributed by atoms with Gasteiger partial charge in [0.1, 0.15) is 0 Å². The number of rotatable bonds is 1. The van der Waals surface area contributed by atoms with Gasteiger partial charge in [-0.2, -0.15) is 0 Å². The maximum atomic E-state index is 2.46. The summed E-state index contributed by atoms with van der Waals surface area (Å²) in [6.45, 7) is 7.06. The lowest BCUT2D eigenvalue weighted by Gasteiger charge is -2.18. The molecule has 0 amide bonds. The predicted molar refractivity (Wildman–Crippen MR) is 90.3 cm³/mol. The second-order valence-corrected chi connectivity index (χ2v) is 6.76. The molecule has 4 rings (SSSR count). The van der Waals surface area contributed by atoms with Crippen LogP contribution >= 0.6 is 0 Å². The van der Waals surface area contributed by atoms with Crippen molar-refractivity contribution in [3.8, 4) is 11.1 Å². The van der Waals surface area contributed by atoms with E-state index in [1.807, 2.05) is 0 Å². The molecule has 0 fully saturated rings. The van der Waals surface area contributed by atoms with Crippen molar-refractivity contribution < 1.29 is 0 Å². The molecule has 21 heavy (non-hydrogen) atoms. The van der Waals surface area contributed by atoms with E-state index in [0.29, 0.717) is 5.92 Å². The number of hydrogen-bond donors (Lipinski definition) is 0. The summed E-state index contributed by atoms with van der Waals surface area (Å²) in [7, 11) is 0. The summed E-state index contributed by atoms with van der Waals surface area (Å²) < 4.78 is 0. The van der Waals surface area contributed by atoms with Gasteiger partial charge in [0.25, 0.3) is 0 Å². The molecule has 0 saturated carbocycles. The van der Waals surface area contributed by atoms with Crippen LogP contribution in [0.15, 0.2) is 42.5 Å². The molecule has 106 valence electrons. The van der Waals surface area contributed by atoms with Gasteiger partial charge in [-0.25, -0.2) is 0 Å². The molecule has 0 radical (unpaired) electrons. The SMILES string of the molecule is Cc1c(C2=CCC(C)C2C)ccc2c1Cc1ccccc1-2. The number of benzene rings is 2. The molecule has 0 N–H and O–H groups in total. The fourth-order valence-corrected chi connectivity index (χ4v) is 4.04. The number of fused-ring (bicyclic) bond motifs is 3. The summed E-state index contributed by atoms with van der Waals surface area (Å²) in [6, 6.07) is 13.6. The van der Waals surface area contributed by atoms with Crippen LogP contribution in [0.4, 0.5) is 0 Å². The van der Waals surface area contributed by atoms with E-state index >= 15 is 0 Å². The van der Waals surface area contributed by atoms with Crippen LogP contribution in [-0.2, 0) is 6.42 Å². The average molecular weight is 274 g/mol. The average Bonchev–Trinajstić information content (AvgIpc) is 3.03. The van der Waals surface area contributed by atoms with E-state index in [1.54, 1.807) is 11.1 Å². The zero-order chi connectivity index (χ0) is 14.6. The van der Waals surface area contributed by atoms with Crippen LogP contribution in [0.3, 0.4) is 0 Å². The van der Waals surface area contributed by atoms with E-state index in [0.717, 1.165) is 12.3 Å². The van der Waals surface area contributed by atoms with Crippen molar-refractivity contribution in [3.05, 3.63) is 64.7 Å². The Balaban J connectivity index is 1.83. The van der Waals surface area contributed by atoms with E-state index in [9.17, 15) is 0 Å². The lowest BCUT2D eigenvalue weighted by atomic mass is 9.86. The normalized spacial score (nSPS) is 22.9. The molecule has 0 heteroatoms. The molecule has 0 spiro atoms. The molecule has 2 aromatic carbocycles. The number of allylic oxidation sites excluding steroid dienone is 2. The second kappa shape index (κ2) is 4.59. The lowest BCUT2D eigenvalue weighted by molar-refractivity contribution is 0.506. The minimum Gasteiger partial charge on any atom is -0.0801 e. The van der Waals surface area contributed by atoms with Gasteiger partial charge in [0.05, 0.1) is 0 Å². The van der Waals surface area contributed by atoms with Crippen molar-refractivity contribution in [2.24, 2.45) is 11.8 Å². The first-order chi connectivity index (χ1) is 10.2. The Hall–Kier alpha value is -1.82. The Morgan fingerprint density at radius 2 is 1.67 bits per heavy atom. The van der Waals surface area contributed by atoms with Crippen LogP contribution in [0.25, 0.3) is 16.7 Å². The van der Waals surface area contributed by atoms with Crippen LogP contribution in [0.1, 0.15) is 42.5 Å². The van der Waals surface area contributed by atoms with Gasteiger partial charge >= 0.3 is 0 Å². The van der Waals surface area contributed by atoms with Gasteiger partial charge in [-0.05, 0) is 70.6 Å². The second-order valence-electron chi connectivity index (χ2n) is 6.76. The summed E-state index contributed by atoms with van der Waals surface area (Å²) in [4.78, 5) is 0. The van der Waals surface area contributed by atoms with Crippen LogP contribution < -0.4 is 0 Å². The summed E-state index contributed by atoms with van der Waals surface area (Å²) in [5.41, 5.74) is 10.5. The fourth-order valence-electron chi connectivity index (χ4n) is 4.04. The zero-order valence-electron chi connectivity index (χ0n) is 13.1. The monoisotopic (exact) mass is 274 g/mol. The Morgan fingerprint density at radius 3 is 2.43 bits per heavy atom. The molecule has 2 atom stereocenters. The molecule has 0 nitrogen and oxygen atoms in total. The van der Waals surface area contributed by atoms with Gasteiger partial charge in [0.2, 0.25) is 0 Å². The Labute approximate surface area is 127 Å². The molecule has 2 aliphatic rings. The van der Waals surface area contributed by atoms with Crippen molar-refractivity contribution in [1.82, 2.24) is 0 Å². The third kappa shape index (κ3) is 1.82. The Kier molecular flexibility index (Phi) is 2.82. The standard InChI is InChI=1S/C21H22/c1-13-8-9-17(14(13)2)18-10-11-20-19-7-5-4-6-16(19)12-21(20)15(18)3/h4-7,9-11,13-14H,8,12H2,1-3H3. The summed E-state index contributed by atoms with van der Waals surface area (Å²) in [5.74, 6) is 1.47. The van der Waals surface area contributed by atoms with Crippen LogP contribution in [0, 0.1) is 18.8 Å². The van der Waals surface area contributed by atoms with Crippen molar-refractivity contribution in [3.63, 3.8) is 0 Å². The van der Waals surface area contributed by atoms with Crippen LogP contribution in [0.2, 0.25) is 0 Å². The highest BCUT2D eigenvalue weighted by atomic mass is 14.3. The third-order valence-electron chi connectivity index (χ3n) is 5.64. The predicted octanol–water partition coefficient (Wildman–Crippen LogP) is 5.63. The van der Waals surface area contributed by atoms with Crippen LogP contribution in [-0.4, -0.2) is 0 Å². The van der Waals surface area contributed by atoms with E-state index in [-0.39, 0.29) is 0 Å². The topological polar surface area (TPSA) is 0 Å². The van der Waals surface area contributed by atoms with Crippen molar-refractivity contribution in [1.29, 1.82) is 0 Å². The van der Waals surface area contributed by atoms with Crippen LogP contribution in [0.5, 0.6) is 0 Å². The first-order valence-electron chi connectivity index (χ1n) is 8.08. The molecule has 0 heterocycles. The molecular weight excluding hydrogens is 252 g/mol. The molecule has 2 aliphatic carbocycles. The quantitative estimate of drug-likeness (QED) is 0.540. The first-order valence-corrected chi connectivity index (χ1v) is 8.08. The minimum atomic E-state index is 0.686. The maximum absolute atomic E-state index is 2.46. The minimum absolute atomic E-state index is 0.686. The smallest absolute Gasteiger partial charge is 0.00106 e. The van der Waals surface area contributed by atoms with E-state index < -0.39 is 0 Å². The third-order valence-corrected chi connectivity index (χ3v) is 5.64. The van der Waals surface area contributed by atoms with Gasteiger partial charge in [-0.3, -0.25) is 0 Å². The maximum Gasteiger partial charge on any atom is -0.00106 e. The molecule has 2 aromatic rings. The molecule has 2 unspecified atom stereocenters. The summed E-state index contributed by atoms with van der Waals surface area (Å²) in [5, 5.41) is 0. The van der Waals surface area contributed by atoms with Gasteiger partial charge in [0.15, 0.2) is 0 Å².